The van der Waals surface area contributed by atoms with Crippen LogP contribution in [0.15, 0.2) is 28.9 Å². The number of rotatable bonds is 4. The molecule has 1 aromatic carbocycles. The van der Waals surface area contributed by atoms with Crippen molar-refractivity contribution in [3.8, 4) is 0 Å². The summed E-state index contributed by atoms with van der Waals surface area (Å²) in [6.07, 6.45) is 1.83. The average molecular weight is 343 g/mol. The Morgan fingerprint density at radius 2 is 2.16 bits per heavy atom. The molecule has 0 aliphatic carbocycles. The number of benzene rings is 1. The van der Waals surface area contributed by atoms with Gasteiger partial charge in [-0.2, -0.15) is 5.10 Å². The molecule has 0 fully saturated rings. The predicted molar refractivity (Wildman–Crippen MR) is 82.7 cm³/mol. The molecule has 102 valence electrons. The highest BCUT2D eigenvalue weighted by molar-refractivity contribution is 9.10. The summed E-state index contributed by atoms with van der Waals surface area (Å²) in [5.41, 5.74) is 3.41. The normalized spacial score (nSPS) is 12.7. The number of halogens is 2. The van der Waals surface area contributed by atoms with E-state index in [0.29, 0.717) is 0 Å². The van der Waals surface area contributed by atoms with Crippen LogP contribution in [0.1, 0.15) is 29.8 Å². The van der Waals surface area contributed by atoms with Gasteiger partial charge in [-0.1, -0.05) is 17.7 Å². The van der Waals surface area contributed by atoms with Crippen molar-refractivity contribution in [3.63, 3.8) is 0 Å². The second-order valence-corrected chi connectivity index (χ2v) is 5.77. The first-order valence-electron chi connectivity index (χ1n) is 6.22. The topological polar surface area (TPSA) is 29.9 Å². The van der Waals surface area contributed by atoms with Crippen LogP contribution in [-0.2, 0) is 6.54 Å². The van der Waals surface area contributed by atoms with Gasteiger partial charge >= 0.3 is 0 Å². The van der Waals surface area contributed by atoms with Gasteiger partial charge in [0.15, 0.2) is 0 Å². The van der Waals surface area contributed by atoms with Crippen molar-refractivity contribution >= 4 is 27.5 Å². The largest absolute Gasteiger partial charge is 0.308 e. The van der Waals surface area contributed by atoms with Crippen LogP contribution in [0.25, 0.3) is 0 Å². The average Bonchev–Trinajstić information content (AvgIpc) is 2.71. The fourth-order valence-electron chi connectivity index (χ4n) is 2.30. The van der Waals surface area contributed by atoms with E-state index in [2.05, 4.69) is 39.3 Å². The zero-order chi connectivity index (χ0) is 14.0. The summed E-state index contributed by atoms with van der Waals surface area (Å²) in [5, 5.41) is 8.47. The molecule has 2 rings (SSSR count). The van der Waals surface area contributed by atoms with Crippen molar-refractivity contribution in [3.05, 3.63) is 50.7 Å². The monoisotopic (exact) mass is 341 g/mol. The van der Waals surface area contributed by atoms with E-state index >= 15 is 0 Å². The van der Waals surface area contributed by atoms with Gasteiger partial charge in [0.05, 0.1) is 22.4 Å². The van der Waals surface area contributed by atoms with Crippen molar-refractivity contribution in [1.82, 2.24) is 15.1 Å². The third kappa shape index (κ3) is 3.02. The molecular formula is C14H17BrClN3. The first kappa shape index (κ1) is 14.6. The third-order valence-corrected chi connectivity index (χ3v) is 3.92. The van der Waals surface area contributed by atoms with E-state index < -0.39 is 0 Å². The Morgan fingerprint density at radius 1 is 1.42 bits per heavy atom. The second-order valence-electron chi connectivity index (χ2n) is 4.48. The molecule has 19 heavy (non-hydrogen) atoms. The molecule has 0 spiro atoms. The molecule has 0 bridgehead atoms. The SMILES string of the molecule is CCn1ncc(Br)c1C(NC)c1cc(C)cc(Cl)c1. The number of aromatic nitrogens is 2. The van der Waals surface area contributed by atoms with Gasteiger partial charge in [0.1, 0.15) is 0 Å². The van der Waals surface area contributed by atoms with Crippen LogP contribution in [0.3, 0.4) is 0 Å². The van der Waals surface area contributed by atoms with Crippen LogP contribution in [0.4, 0.5) is 0 Å². The summed E-state index contributed by atoms with van der Waals surface area (Å²) >= 11 is 9.74. The maximum absolute atomic E-state index is 6.16. The summed E-state index contributed by atoms with van der Waals surface area (Å²) in [6, 6.07) is 6.17. The van der Waals surface area contributed by atoms with E-state index in [1.165, 1.54) is 0 Å². The van der Waals surface area contributed by atoms with Crippen LogP contribution < -0.4 is 5.32 Å². The van der Waals surface area contributed by atoms with Gasteiger partial charge in [0.2, 0.25) is 0 Å². The van der Waals surface area contributed by atoms with Crippen molar-refractivity contribution in [2.45, 2.75) is 26.4 Å². The Bertz CT molecular complexity index is 560. The molecule has 1 atom stereocenters. The first-order chi connectivity index (χ1) is 9.06. The molecule has 0 saturated heterocycles. The lowest BCUT2D eigenvalue weighted by Crippen LogP contribution is -2.22. The lowest BCUT2D eigenvalue weighted by atomic mass is 10.0. The number of hydrogen-bond donors (Lipinski definition) is 1. The minimum atomic E-state index is 0.0641. The maximum atomic E-state index is 6.16. The Labute approximate surface area is 127 Å². The zero-order valence-electron chi connectivity index (χ0n) is 11.2. The molecule has 1 N–H and O–H groups in total. The van der Waals surface area contributed by atoms with Gasteiger partial charge < -0.3 is 5.32 Å². The Morgan fingerprint density at radius 3 is 2.74 bits per heavy atom. The summed E-state index contributed by atoms with van der Waals surface area (Å²) in [4.78, 5) is 0. The molecule has 0 radical (unpaired) electrons. The van der Waals surface area contributed by atoms with E-state index in [1.807, 2.05) is 37.0 Å². The van der Waals surface area contributed by atoms with E-state index in [-0.39, 0.29) is 6.04 Å². The fraction of sp³-hybridized carbons (Fsp3) is 0.357. The van der Waals surface area contributed by atoms with E-state index in [1.54, 1.807) is 0 Å². The number of nitrogens with zero attached hydrogens (tertiary/aromatic N) is 2. The van der Waals surface area contributed by atoms with Crippen molar-refractivity contribution in [2.24, 2.45) is 0 Å². The van der Waals surface area contributed by atoms with Crippen LogP contribution in [0.2, 0.25) is 5.02 Å². The van der Waals surface area contributed by atoms with Crippen LogP contribution in [0, 0.1) is 6.92 Å². The molecule has 0 amide bonds. The molecule has 2 aromatic rings. The molecule has 0 aliphatic heterocycles. The molecule has 1 heterocycles. The van der Waals surface area contributed by atoms with Crippen molar-refractivity contribution in [1.29, 1.82) is 0 Å². The highest BCUT2D eigenvalue weighted by atomic mass is 79.9. The summed E-state index contributed by atoms with van der Waals surface area (Å²) < 4.78 is 2.99. The van der Waals surface area contributed by atoms with Gasteiger partial charge in [0, 0.05) is 11.6 Å². The molecule has 5 heteroatoms. The van der Waals surface area contributed by atoms with Crippen molar-refractivity contribution in [2.75, 3.05) is 7.05 Å². The fourth-order valence-corrected chi connectivity index (χ4v) is 3.13. The molecular weight excluding hydrogens is 326 g/mol. The summed E-state index contributed by atoms with van der Waals surface area (Å²) in [5.74, 6) is 0. The molecule has 0 saturated carbocycles. The molecule has 1 aromatic heterocycles. The summed E-state index contributed by atoms with van der Waals surface area (Å²) in [7, 11) is 1.94. The number of nitrogens with one attached hydrogen (secondary N) is 1. The van der Waals surface area contributed by atoms with Crippen LogP contribution >= 0.6 is 27.5 Å². The van der Waals surface area contributed by atoms with Crippen LogP contribution in [-0.4, -0.2) is 16.8 Å². The minimum Gasteiger partial charge on any atom is -0.308 e. The molecule has 1 unspecified atom stereocenters. The van der Waals surface area contributed by atoms with Gasteiger partial charge in [-0.25, -0.2) is 0 Å². The Kier molecular flexibility index (Phi) is 4.66. The van der Waals surface area contributed by atoms with Gasteiger partial charge in [-0.15, -0.1) is 0 Å². The van der Waals surface area contributed by atoms with Gasteiger partial charge in [-0.3, -0.25) is 4.68 Å². The van der Waals surface area contributed by atoms with Crippen LogP contribution in [0.5, 0.6) is 0 Å². The standard InChI is InChI=1S/C14H17BrClN3/c1-4-19-14(12(15)8-18-19)13(17-3)10-5-9(2)6-11(16)7-10/h5-8,13,17H,4H2,1-3H3. The lowest BCUT2D eigenvalue weighted by Gasteiger charge is -2.19. The highest BCUT2D eigenvalue weighted by Gasteiger charge is 2.20. The summed E-state index contributed by atoms with van der Waals surface area (Å²) in [6.45, 7) is 4.96. The third-order valence-electron chi connectivity index (χ3n) is 3.09. The second kappa shape index (κ2) is 6.07. The smallest absolute Gasteiger partial charge is 0.0758 e. The molecule has 0 aliphatic rings. The zero-order valence-corrected chi connectivity index (χ0v) is 13.6. The quantitative estimate of drug-likeness (QED) is 0.912. The highest BCUT2D eigenvalue weighted by Crippen LogP contribution is 2.30. The first-order valence-corrected chi connectivity index (χ1v) is 7.39. The minimum absolute atomic E-state index is 0.0641. The van der Waals surface area contributed by atoms with Crippen molar-refractivity contribution < 1.29 is 0 Å². The maximum Gasteiger partial charge on any atom is 0.0758 e. The van der Waals surface area contributed by atoms with E-state index in [4.69, 9.17) is 11.6 Å². The number of aryl methyl sites for hydroxylation is 2. The Balaban J connectivity index is 2.52. The van der Waals surface area contributed by atoms with Gasteiger partial charge in [0.25, 0.3) is 0 Å². The molecule has 3 nitrogen and oxygen atoms in total. The lowest BCUT2D eigenvalue weighted by molar-refractivity contribution is 0.561. The van der Waals surface area contributed by atoms with E-state index in [9.17, 15) is 0 Å². The number of hydrogen-bond acceptors (Lipinski definition) is 2. The van der Waals surface area contributed by atoms with E-state index in [0.717, 1.165) is 32.9 Å². The van der Waals surface area contributed by atoms with Gasteiger partial charge in [-0.05, 0) is 60.1 Å². The Hall–Kier alpha value is -0.840. The predicted octanol–water partition coefficient (Wildman–Crippen LogP) is 3.94.